The van der Waals surface area contributed by atoms with Crippen molar-refractivity contribution in [3.63, 3.8) is 0 Å². The van der Waals surface area contributed by atoms with Gasteiger partial charge in [0.2, 0.25) is 0 Å². The van der Waals surface area contributed by atoms with Crippen molar-refractivity contribution in [1.29, 1.82) is 0 Å². The highest BCUT2D eigenvalue weighted by Gasteiger charge is 2.46. The Hall–Kier alpha value is -6.05. The zero-order valence-corrected chi connectivity index (χ0v) is 48.9. The standard InChI is InChI=1S/C63H87N15O3/c1-9-75(30-39-26-50(55(79)36(39)4)76-21-18-45-58(64)66-32-68-60(45)76)43-22-37(23-43)10-16-52-71-46-14-12-41(28-48(46)73-52)62(5,6)19-20-63(7,8)42-13-15-47-49(29-42)74-53(72-47)17-11-38-24-44(25-38)77(35(2)3)31-40-27-51(57(81)56(40)80)78-34-70-54-59(65)67-33-69-61(54)78/h12-15,18,21,28-29,32-40,43-44,50-51,55-57,79-81H,9-11,16-17,19-20,22-27,30-31H2,1-8H3,(H,71,73)(H,72,74)(H2,64,66,68)(H2,65,67,69)/t36-,37?,38?,39-,40-,43?,44?,50-,51-,55-,56-,57+/m1/s1. The number of anilines is 2. The van der Waals surface area contributed by atoms with Crippen LogP contribution in [0.5, 0.6) is 0 Å². The molecule has 0 radical (unpaired) electrons. The van der Waals surface area contributed by atoms with Crippen LogP contribution in [0.3, 0.4) is 0 Å². The topological polar surface area (TPSA) is 251 Å². The van der Waals surface area contributed by atoms with E-state index >= 15 is 0 Å². The summed E-state index contributed by atoms with van der Waals surface area (Å²) in [5.41, 5.74) is 21.0. The zero-order valence-electron chi connectivity index (χ0n) is 48.9. The van der Waals surface area contributed by atoms with Gasteiger partial charge in [-0.3, -0.25) is 4.90 Å². The molecule has 0 amide bonds. The number of aliphatic hydroxyl groups excluding tert-OH is 3. The van der Waals surface area contributed by atoms with E-state index in [-0.39, 0.29) is 34.7 Å². The highest BCUT2D eigenvalue weighted by molar-refractivity contribution is 5.86. The maximum Gasteiger partial charge on any atom is 0.165 e. The van der Waals surface area contributed by atoms with Gasteiger partial charge in [-0.2, -0.15) is 0 Å². The molecule has 0 unspecified atom stereocenters. The molecule has 0 aliphatic heterocycles. The van der Waals surface area contributed by atoms with E-state index in [1.165, 1.54) is 36.6 Å². The third kappa shape index (κ3) is 10.7. The largest absolute Gasteiger partial charge is 0.391 e. The quantitative estimate of drug-likeness (QED) is 0.0354. The van der Waals surface area contributed by atoms with Crippen LogP contribution in [0.2, 0.25) is 0 Å². The molecular weight excluding hydrogens is 1010 g/mol. The number of nitrogen functional groups attached to an aromatic ring is 2. The molecule has 18 heteroatoms. The first-order chi connectivity index (χ1) is 38.8. The molecule has 4 saturated carbocycles. The summed E-state index contributed by atoms with van der Waals surface area (Å²) in [6.45, 7) is 21.3. The Morgan fingerprint density at radius 1 is 0.654 bits per heavy atom. The van der Waals surface area contributed by atoms with Gasteiger partial charge < -0.3 is 50.8 Å². The second-order valence-corrected chi connectivity index (χ2v) is 26.8. The van der Waals surface area contributed by atoms with E-state index in [2.05, 4.69) is 141 Å². The Morgan fingerprint density at radius 2 is 1.22 bits per heavy atom. The Labute approximate surface area is 476 Å². The first-order valence-electron chi connectivity index (χ1n) is 30.3. The summed E-state index contributed by atoms with van der Waals surface area (Å²) in [7, 11) is 0. The molecule has 0 bridgehead atoms. The third-order valence-corrected chi connectivity index (χ3v) is 20.6. The molecule has 9 N–H and O–H groups in total. The zero-order chi connectivity index (χ0) is 56.6. The van der Waals surface area contributed by atoms with E-state index in [0.29, 0.717) is 65.1 Å². The summed E-state index contributed by atoms with van der Waals surface area (Å²) in [5, 5.41) is 34.8. The van der Waals surface area contributed by atoms with Crippen molar-refractivity contribution in [2.24, 2.45) is 29.6 Å². The fraction of sp³-hybridized carbons (Fsp3) is 0.603. The molecule has 8 atom stereocenters. The van der Waals surface area contributed by atoms with Crippen LogP contribution in [-0.4, -0.2) is 135 Å². The monoisotopic (exact) mass is 1100 g/mol. The number of rotatable bonds is 21. The molecule has 4 aliphatic rings. The van der Waals surface area contributed by atoms with Gasteiger partial charge in [-0.15, -0.1) is 0 Å². The van der Waals surface area contributed by atoms with Crippen molar-refractivity contribution >= 4 is 55.9 Å². The summed E-state index contributed by atoms with van der Waals surface area (Å²) in [5.74, 6) is 4.79. The first-order valence-corrected chi connectivity index (χ1v) is 30.3. The molecule has 81 heavy (non-hydrogen) atoms. The molecule has 432 valence electrons. The normalized spacial score (nSPS) is 27.3. The number of aromatic nitrogens is 11. The van der Waals surface area contributed by atoms with Crippen LogP contribution < -0.4 is 11.5 Å². The predicted octanol–water partition coefficient (Wildman–Crippen LogP) is 9.22. The van der Waals surface area contributed by atoms with Crippen LogP contribution in [0.4, 0.5) is 11.6 Å². The van der Waals surface area contributed by atoms with Crippen molar-refractivity contribution in [2.45, 2.75) is 192 Å². The molecule has 6 aromatic heterocycles. The minimum atomic E-state index is -0.917. The van der Waals surface area contributed by atoms with Crippen LogP contribution >= 0.6 is 0 Å². The van der Waals surface area contributed by atoms with Crippen molar-refractivity contribution in [3.8, 4) is 0 Å². The SMILES string of the molecule is CCN(C[C@H]1C[C@@H](n2ccc3c(N)ncnc32)[C@H](O)[C@@H]1C)C1CC(CCc2nc3ccc(C(C)(C)CCC(C)(C)c4ccc5nc(CCC6CC(N(C[C@H]7C[C@@H](n8cnc9c(N)ncnc98)[C@H](O)[C@@H]7O)C(C)C)C6)[nH]c5c4)cc3[nH]2)C1. The number of aliphatic hydroxyl groups is 3. The molecule has 18 nitrogen and oxygen atoms in total. The van der Waals surface area contributed by atoms with Gasteiger partial charge in [0.05, 0.1) is 58.1 Å². The number of aryl methyl sites for hydroxylation is 2. The summed E-state index contributed by atoms with van der Waals surface area (Å²) >= 11 is 0. The Morgan fingerprint density at radius 3 is 1.83 bits per heavy atom. The van der Waals surface area contributed by atoms with Crippen LogP contribution in [0.1, 0.15) is 154 Å². The number of hydrogen-bond acceptors (Lipinski definition) is 14. The highest BCUT2D eigenvalue weighted by atomic mass is 16.3. The van der Waals surface area contributed by atoms with Crippen molar-refractivity contribution in [1.82, 2.24) is 63.8 Å². The second-order valence-electron chi connectivity index (χ2n) is 26.8. The van der Waals surface area contributed by atoms with E-state index < -0.39 is 18.3 Å². The lowest BCUT2D eigenvalue weighted by atomic mass is 9.73. The van der Waals surface area contributed by atoms with E-state index in [0.717, 1.165) is 122 Å². The Kier molecular flexibility index (Phi) is 15.0. The fourth-order valence-corrected chi connectivity index (χ4v) is 14.9. The summed E-state index contributed by atoms with van der Waals surface area (Å²) in [4.78, 5) is 44.3. The number of nitrogens with two attached hydrogens (primary N) is 2. The number of imidazole rings is 3. The Bertz CT molecular complexity index is 3490. The van der Waals surface area contributed by atoms with Crippen LogP contribution in [0.15, 0.2) is 67.6 Å². The van der Waals surface area contributed by atoms with Crippen LogP contribution in [0, 0.1) is 29.6 Å². The molecular formula is C63H87N15O3. The fourth-order valence-electron chi connectivity index (χ4n) is 14.9. The summed E-state index contributed by atoms with van der Waals surface area (Å²) < 4.78 is 3.98. The minimum Gasteiger partial charge on any atom is -0.391 e. The van der Waals surface area contributed by atoms with Crippen molar-refractivity contribution < 1.29 is 15.3 Å². The Balaban J connectivity index is 0.593. The van der Waals surface area contributed by atoms with Gasteiger partial charge in [0.15, 0.2) is 11.5 Å². The van der Waals surface area contributed by atoms with E-state index in [9.17, 15) is 15.3 Å². The third-order valence-electron chi connectivity index (χ3n) is 20.6. The number of aromatic amines is 2. The molecule has 4 aliphatic carbocycles. The van der Waals surface area contributed by atoms with Gasteiger partial charge in [0.25, 0.3) is 0 Å². The molecule has 12 rings (SSSR count). The number of H-pyrrole nitrogens is 2. The van der Waals surface area contributed by atoms with Gasteiger partial charge in [0, 0.05) is 56.2 Å². The second kappa shape index (κ2) is 21.9. The molecule has 8 aromatic rings. The molecule has 0 saturated heterocycles. The lowest BCUT2D eigenvalue weighted by Gasteiger charge is -2.46. The van der Waals surface area contributed by atoms with Crippen molar-refractivity contribution in [2.75, 3.05) is 31.1 Å². The molecule has 4 fully saturated rings. The lowest BCUT2D eigenvalue weighted by Crippen LogP contribution is -2.51. The minimum absolute atomic E-state index is 0.0162. The molecule has 0 spiro atoms. The highest BCUT2D eigenvalue weighted by Crippen LogP contribution is 2.45. The van der Waals surface area contributed by atoms with E-state index in [4.69, 9.17) is 21.4 Å². The average Bonchev–Trinajstić information content (AvgIpc) is 4.34. The van der Waals surface area contributed by atoms with Crippen molar-refractivity contribution in [3.05, 3.63) is 90.4 Å². The number of hydrogen-bond donors (Lipinski definition) is 7. The van der Waals surface area contributed by atoms with Crippen LogP contribution in [-0.2, 0) is 23.7 Å². The summed E-state index contributed by atoms with van der Waals surface area (Å²) in [6.07, 6.45) is 16.9. The van der Waals surface area contributed by atoms with Gasteiger partial charge >= 0.3 is 0 Å². The number of benzene rings is 2. The van der Waals surface area contributed by atoms with Gasteiger partial charge in [-0.05, 0) is 161 Å². The maximum absolute atomic E-state index is 11.4. The number of nitrogens with zero attached hydrogens (tertiary/aromatic N) is 11. The predicted molar refractivity (Wildman–Crippen MR) is 319 cm³/mol. The molecule has 2 aromatic carbocycles. The van der Waals surface area contributed by atoms with E-state index in [1.54, 1.807) is 6.33 Å². The first kappa shape index (κ1) is 55.5. The maximum atomic E-state index is 11.4. The van der Waals surface area contributed by atoms with Gasteiger partial charge in [-0.1, -0.05) is 53.7 Å². The number of fused-ring (bicyclic) bond motifs is 4. The summed E-state index contributed by atoms with van der Waals surface area (Å²) in [6, 6.07) is 16.6. The molecule has 6 heterocycles. The van der Waals surface area contributed by atoms with E-state index in [1.807, 2.05) is 16.8 Å². The van der Waals surface area contributed by atoms with Gasteiger partial charge in [-0.25, -0.2) is 34.9 Å². The lowest BCUT2D eigenvalue weighted by molar-refractivity contribution is -0.0180. The number of nitrogens with one attached hydrogen (secondary N) is 2. The smallest absolute Gasteiger partial charge is 0.165 e. The van der Waals surface area contributed by atoms with Crippen LogP contribution in [0.25, 0.3) is 44.3 Å². The average molecular weight is 1100 g/mol. The van der Waals surface area contributed by atoms with Gasteiger partial charge in [0.1, 0.15) is 47.4 Å².